The van der Waals surface area contributed by atoms with Crippen molar-refractivity contribution in [3.63, 3.8) is 0 Å². The Morgan fingerprint density at radius 2 is 2.04 bits per heavy atom. The van der Waals surface area contributed by atoms with E-state index in [1.54, 1.807) is 29.4 Å². The summed E-state index contributed by atoms with van der Waals surface area (Å²) in [4.78, 5) is 22.6. The minimum atomic E-state index is -0.328. The molecule has 25 heavy (non-hydrogen) atoms. The second kappa shape index (κ2) is 8.02. The van der Waals surface area contributed by atoms with Gasteiger partial charge in [-0.05, 0) is 37.1 Å². The largest absolute Gasteiger partial charge is 0.437 e. The average molecular weight is 345 g/mol. The summed E-state index contributed by atoms with van der Waals surface area (Å²) in [7, 11) is 1.51. The lowest BCUT2D eigenvalue weighted by molar-refractivity contribution is -0.136. The number of hydrogen-bond acceptors (Lipinski definition) is 5. The maximum Gasteiger partial charge on any atom is 0.248 e. The SMILES string of the molecule is COCC(=O)N1CCC[C@@H](c2nccnc2Oc2ccc(F)cc2)C1. The van der Waals surface area contributed by atoms with Gasteiger partial charge in [0.25, 0.3) is 0 Å². The molecule has 1 amide bonds. The van der Waals surface area contributed by atoms with Crippen LogP contribution in [-0.4, -0.2) is 47.6 Å². The first-order valence-corrected chi connectivity index (χ1v) is 8.18. The maximum atomic E-state index is 13.0. The zero-order valence-electron chi connectivity index (χ0n) is 14.0. The Kier molecular flexibility index (Phi) is 5.55. The number of benzene rings is 1. The van der Waals surface area contributed by atoms with Gasteiger partial charge in [-0.25, -0.2) is 9.37 Å². The molecule has 0 spiro atoms. The van der Waals surface area contributed by atoms with Crippen molar-refractivity contribution in [1.82, 2.24) is 14.9 Å². The van der Waals surface area contributed by atoms with Crippen LogP contribution in [0.5, 0.6) is 11.6 Å². The standard InChI is InChI=1S/C18H20FN3O3/c1-24-12-16(23)22-10-2-3-13(11-22)17-18(21-9-8-20-17)25-15-6-4-14(19)5-7-15/h4-9,13H,2-3,10-12H2,1H3/t13-/m1/s1. The van der Waals surface area contributed by atoms with Gasteiger partial charge in [0.05, 0.1) is 0 Å². The van der Waals surface area contributed by atoms with Gasteiger partial charge < -0.3 is 14.4 Å². The predicted molar refractivity (Wildman–Crippen MR) is 88.9 cm³/mol. The number of ether oxygens (including phenoxy) is 2. The highest BCUT2D eigenvalue weighted by molar-refractivity contribution is 5.77. The van der Waals surface area contributed by atoms with Crippen molar-refractivity contribution in [1.29, 1.82) is 0 Å². The molecule has 1 atom stereocenters. The van der Waals surface area contributed by atoms with E-state index in [1.807, 2.05) is 0 Å². The van der Waals surface area contributed by atoms with Crippen LogP contribution < -0.4 is 4.74 Å². The lowest BCUT2D eigenvalue weighted by Gasteiger charge is -2.32. The van der Waals surface area contributed by atoms with Gasteiger partial charge in [-0.2, -0.15) is 0 Å². The Bertz CT molecular complexity index is 724. The molecule has 0 radical (unpaired) electrons. The number of halogens is 1. The Labute approximate surface area is 145 Å². The van der Waals surface area contributed by atoms with Crippen molar-refractivity contribution < 1.29 is 18.7 Å². The van der Waals surface area contributed by atoms with E-state index >= 15 is 0 Å². The minimum Gasteiger partial charge on any atom is -0.437 e. The second-order valence-corrected chi connectivity index (χ2v) is 5.91. The number of methoxy groups -OCH3 is 1. The number of aromatic nitrogens is 2. The Hall–Kier alpha value is -2.54. The van der Waals surface area contributed by atoms with Crippen LogP contribution in [0.2, 0.25) is 0 Å². The van der Waals surface area contributed by atoms with Gasteiger partial charge in [0.1, 0.15) is 23.9 Å². The number of carbonyl (C=O) groups is 1. The highest BCUT2D eigenvalue weighted by atomic mass is 19.1. The summed E-state index contributed by atoms with van der Waals surface area (Å²) >= 11 is 0. The molecule has 0 bridgehead atoms. The van der Waals surface area contributed by atoms with Crippen molar-refractivity contribution in [2.45, 2.75) is 18.8 Å². The molecule has 3 rings (SSSR count). The molecule has 0 aliphatic carbocycles. The zero-order valence-corrected chi connectivity index (χ0v) is 14.0. The third-order valence-corrected chi connectivity index (χ3v) is 4.15. The van der Waals surface area contributed by atoms with Gasteiger partial charge in [-0.1, -0.05) is 0 Å². The first kappa shape index (κ1) is 17.3. The molecule has 2 aromatic rings. The Balaban J connectivity index is 1.77. The first-order valence-electron chi connectivity index (χ1n) is 8.18. The minimum absolute atomic E-state index is 0.0305. The predicted octanol–water partition coefficient (Wildman–Crippen LogP) is 2.76. The fourth-order valence-corrected chi connectivity index (χ4v) is 2.95. The van der Waals surface area contributed by atoms with E-state index < -0.39 is 0 Å². The van der Waals surface area contributed by atoms with Gasteiger partial charge in [-0.15, -0.1) is 0 Å². The van der Waals surface area contributed by atoms with Crippen molar-refractivity contribution >= 4 is 5.91 Å². The number of hydrogen-bond donors (Lipinski definition) is 0. The molecule has 1 aromatic heterocycles. The van der Waals surface area contributed by atoms with E-state index in [0.29, 0.717) is 30.4 Å². The number of amides is 1. The zero-order chi connectivity index (χ0) is 17.6. The second-order valence-electron chi connectivity index (χ2n) is 5.91. The average Bonchev–Trinajstić information content (AvgIpc) is 2.64. The number of nitrogens with zero attached hydrogens (tertiary/aromatic N) is 3. The van der Waals surface area contributed by atoms with E-state index in [4.69, 9.17) is 9.47 Å². The molecule has 6 nitrogen and oxygen atoms in total. The summed E-state index contributed by atoms with van der Waals surface area (Å²) in [6.45, 7) is 1.35. The summed E-state index contributed by atoms with van der Waals surface area (Å²) in [5, 5.41) is 0. The van der Waals surface area contributed by atoms with Gasteiger partial charge in [0.2, 0.25) is 11.8 Å². The smallest absolute Gasteiger partial charge is 0.248 e. The van der Waals surface area contributed by atoms with E-state index in [2.05, 4.69) is 9.97 Å². The first-order chi connectivity index (χ1) is 12.2. The molecule has 1 fully saturated rings. The van der Waals surface area contributed by atoms with E-state index in [9.17, 15) is 9.18 Å². The van der Waals surface area contributed by atoms with Crippen LogP contribution in [0.4, 0.5) is 4.39 Å². The highest BCUT2D eigenvalue weighted by Crippen LogP contribution is 2.32. The summed E-state index contributed by atoms with van der Waals surface area (Å²) < 4.78 is 23.8. The highest BCUT2D eigenvalue weighted by Gasteiger charge is 2.28. The summed E-state index contributed by atoms with van der Waals surface area (Å²) in [6.07, 6.45) is 4.95. The fraction of sp³-hybridized carbons (Fsp3) is 0.389. The number of piperidine rings is 1. The molecule has 1 saturated heterocycles. The molecular weight excluding hydrogens is 325 g/mol. The maximum absolute atomic E-state index is 13.0. The van der Waals surface area contributed by atoms with E-state index in [0.717, 1.165) is 12.8 Å². The Morgan fingerprint density at radius 3 is 2.80 bits per heavy atom. The fourth-order valence-electron chi connectivity index (χ4n) is 2.95. The topological polar surface area (TPSA) is 64.5 Å². The van der Waals surface area contributed by atoms with Crippen LogP contribution in [-0.2, 0) is 9.53 Å². The molecule has 2 heterocycles. The summed E-state index contributed by atoms with van der Waals surface area (Å²) in [5.74, 6) is 0.563. The molecule has 1 aliphatic rings. The quantitative estimate of drug-likeness (QED) is 0.834. The van der Waals surface area contributed by atoms with Gasteiger partial charge in [0.15, 0.2) is 0 Å². The van der Waals surface area contributed by atoms with Crippen molar-refractivity contribution in [3.05, 3.63) is 48.2 Å². The molecule has 0 saturated carbocycles. The molecule has 0 unspecified atom stereocenters. The molecule has 1 aromatic carbocycles. The van der Waals surface area contributed by atoms with Gasteiger partial charge >= 0.3 is 0 Å². The van der Waals surface area contributed by atoms with Crippen LogP contribution >= 0.6 is 0 Å². The van der Waals surface area contributed by atoms with Gasteiger partial charge in [0, 0.05) is 38.5 Å². The van der Waals surface area contributed by atoms with Crippen molar-refractivity contribution in [2.75, 3.05) is 26.8 Å². The van der Waals surface area contributed by atoms with Crippen LogP contribution in [0.25, 0.3) is 0 Å². The Morgan fingerprint density at radius 1 is 1.28 bits per heavy atom. The summed E-state index contributed by atoms with van der Waals surface area (Å²) in [5.41, 5.74) is 0.710. The van der Waals surface area contributed by atoms with Crippen molar-refractivity contribution in [3.8, 4) is 11.6 Å². The summed E-state index contributed by atoms with van der Waals surface area (Å²) in [6, 6.07) is 5.75. The molecule has 0 N–H and O–H groups in total. The van der Waals surface area contributed by atoms with Crippen LogP contribution in [0.3, 0.4) is 0 Å². The van der Waals surface area contributed by atoms with Crippen LogP contribution in [0.15, 0.2) is 36.7 Å². The molecule has 132 valence electrons. The van der Waals surface area contributed by atoms with Crippen LogP contribution in [0, 0.1) is 5.82 Å². The lowest BCUT2D eigenvalue weighted by Crippen LogP contribution is -2.41. The van der Waals surface area contributed by atoms with Crippen molar-refractivity contribution in [2.24, 2.45) is 0 Å². The number of likely N-dealkylation sites (tertiary alicyclic amines) is 1. The van der Waals surface area contributed by atoms with E-state index in [1.165, 1.54) is 19.2 Å². The van der Waals surface area contributed by atoms with Gasteiger partial charge in [-0.3, -0.25) is 9.78 Å². The third-order valence-electron chi connectivity index (χ3n) is 4.15. The monoisotopic (exact) mass is 345 g/mol. The normalized spacial score (nSPS) is 17.4. The van der Waals surface area contributed by atoms with Crippen LogP contribution in [0.1, 0.15) is 24.5 Å². The molecular formula is C18H20FN3O3. The number of carbonyl (C=O) groups excluding carboxylic acids is 1. The third kappa shape index (κ3) is 4.30. The lowest BCUT2D eigenvalue weighted by atomic mass is 9.94. The molecule has 7 heteroatoms. The number of rotatable bonds is 5. The molecule has 1 aliphatic heterocycles. The van der Waals surface area contributed by atoms with E-state index in [-0.39, 0.29) is 24.2 Å².